The monoisotopic (exact) mass is 362 g/mol. The highest BCUT2D eigenvalue weighted by Crippen LogP contribution is 2.25. The van der Waals surface area contributed by atoms with Gasteiger partial charge in [-0.1, -0.05) is 24.3 Å². The fraction of sp³-hybridized carbons (Fsp3) is 0.273. The van der Waals surface area contributed by atoms with Gasteiger partial charge in [0.05, 0.1) is 0 Å². The van der Waals surface area contributed by atoms with Crippen LogP contribution >= 0.6 is 0 Å². The van der Waals surface area contributed by atoms with Gasteiger partial charge in [-0.15, -0.1) is 0 Å². The number of rotatable bonds is 6. The van der Waals surface area contributed by atoms with E-state index in [0.717, 1.165) is 29.2 Å². The van der Waals surface area contributed by atoms with Crippen molar-refractivity contribution < 1.29 is 4.79 Å². The molecule has 0 aliphatic carbocycles. The van der Waals surface area contributed by atoms with Crippen molar-refractivity contribution in [2.75, 3.05) is 32.6 Å². The van der Waals surface area contributed by atoms with Gasteiger partial charge in [0.25, 0.3) is 5.91 Å². The van der Waals surface area contributed by atoms with E-state index in [4.69, 9.17) is 0 Å². The average Bonchev–Trinajstić information content (AvgIpc) is 3.10. The molecule has 5 nitrogen and oxygen atoms in total. The lowest BCUT2D eigenvalue weighted by molar-refractivity contribution is 0.0790. The van der Waals surface area contributed by atoms with Crippen molar-refractivity contribution in [2.24, 2.45) is 0 Å². The Labute approximate surface area is 160 Å². The lowest BCUT2D eigenvalue weighted by atomic mass is 10.0. The summed E-state index contributed by atoms with van der Waals surface area (Å²) in [6.45, 7) is 3.34. The number of carbonyl (C=O) groups excluding carboxylic acids is 1. The Balaban J connectivity index is 1.75. The molecule has 0 N–H and O–H groups in total. The van der Waals surface area contributed by atoms with Crippen LogP contribution in [0.15, 0.2) is 60.9 Å². The Morgan fingerprint density at radius 3 is 2.41 bits per heavy atom. The van der Waals surface area contributed by atoms with Crippen molar-refractivity contribution in [3.8, 4) is 11.1 Å². The highest BCUT2D eigenvalue weighted by Gasteiger charge is 2.13. The predicted octanol–water partition coefficient (Wildman–Crippen LogP) is 3.70. The first kappa shape index (κ1) is 18.7. The van der Waals surface area contributed by atoms with E-state index < -0.39 is 0 Å². The first-order chi connectivity index (χ1) is 13.0. The fourth-order valence-corrected chi connectivity index (χ4v) is 3.02. The molecule has 0 fully saturated rings. The Morgan fingerprint density at radius 2 is 1.74 bits per heavy atom. The normalized spacial score (nSPS) is 10.7. The van der Waals surface area contributed by atoms with E-state index in [0.29, 0.717) is 12.1 Å². The molecule has 0 unspecified atom stereocenters. The van der Waals surface area contributed by atoms with Crippen LogP contribution in [0.4, 0.5) is 5.69 Å². The number of hydrogen-bond acceptors (Lipinski definition) is 3. The molecule has 3 rings (SSSR count). The van der Waals surface area contributed by atoms with Crippen LogP contribution in [0.25, 0.3) is 11.1 Å². The van der Waals surface area contributed by atoms with Gasteiger partial charge in [0, 0.05) is 57.9 Å². The molecule has 0 radical (unpaired) electrons. The number of aryl methyl sites for hydroxylation is 1. The molecule has 27 heavy (non-hydrogen) atoms. The third-order valence-corrected chi connectivity index (χ3v) is 4.75. The Bertz CT molecular complexity index is 929. The van der Waals surface area contributed by atoms with Crippen molar-refractivity contribution in [3.63, 3.8) is 0 Å². The number of benzene rings is 2. The van der Waals surface area contributed by atoms with Crippen molar-refractivity contribution >= 4 is 11.6 Å². The molecule has 140 valence electrons. The SMILES string of the molecule is Cc1nccn1CCN(C)C(=O)c1cccc(-c2cccc(N(C)C)c2)c1. The standard InChI is InChI=1S/C22H26N4O/c1-17-23-11-12-26(17)14-13-25(4)22(27)20-9-5-7-18(15-20)19-8-6-10-21(16-19)24(2)3/h5-12,15-16H,13-14H2,1-4H3. The summed E-state index contributed by atoms with van der Waals surface area (Å²) in [5, 5.41) is 0. The van der Waals surface area contributed by atoms with Crippen LogP contribution in [0.5, 0.6) is 0 Å². The van der Waals surface area contributed by atoms with E-state index >= 15 is 0 Å². The first-order valence-corrected chi connectivity index (χ1v) is 9.07. The van der Waals surface area contributed by atoms with Crippen LogP contribution < -0.4 is 4.90 Å². The summed E-state index contributed by atoms with van der Waals surface area (Å²) in [7, 11) is 5.89. The lowest BCUT2D eigenvalue weighted by Gasteiger charge is -2.18. The first-order valence-electron chi connectivity index (χ1n) is 9.07. The van der Waals surface area contributed by atoms with Gasteiger partial charge in [0.15, 0.2) is 0 Å². The average molecular weight is 362 g/mol. The zero-order valence-corrected chi connectivity index (χ0v) is 16.4. The number of carbonyl (C=O) groups is 1. The van der Waals surface area contributed by atoms with Gasteiger partial charge in [-0.2, -0.15) is 0 Å². The molecule has 1 amide bonds. The second kappa shape index (κ2) is 8.08. The molecule has 0 bridgehead atoms. The summed E-state index contributed by atoms with van der Waals surface area (Å²) < 4.78 is 2.05. The third kappa shape index (κ3) is 4.37. The molecular formula is C22H26N4O. The zero-order chi connectivity index (χ0) is 19.4. The minimum atomic E-state index is 0.0263. The molecule has 2 aromatic carbocycles. The van der Waals surface area contributed by atoms with Crippen LogP contribution in [0.2, 0.25) is 0 Å². The van der Waals surface area contributed by atoms with E-state index in [9.17, 15) is 4.79 Å². The van der Waals surface area contributed by atoms with Gasteiger partial charge in [0.1, 0.15) is 5.82 Å². The van der Waals surface area contributed by atoms with Crippen LogP contribution in [0.3, 0.4) is 0 Å². The topological polar surface area (TPSA) is 41.4 Å². The number of nitrogens with zero attached hydrogens (tertiary/aromatic N) is 4. The Kier molecular flexibility index (Phi) is 5.60. The largest absolute Gasteiger partial charge is 0.378 e. The third-order valence-electron chi connectivity index (χ3n) is 4.75. The molecular weight excluding hydrogens is 336 g/mol. The van der Waals surface area contributed by atoms with Gasteiger partial charge >= 0.3 is 0 Å². The molecule has 0 spiro atoms. The molecule has 0 aliphatic rings. The molecule has 1 heterocycles. The second-order valence-electron chi connectivity index (χ2n) is 6.92. The highest BCUT2D eigenvalue weighted by molar-refractivity contribution is 5.95. The van der Waals surface area contributed by atoms with Gasteiger partial charge in [-0.3, -0.25) is 4.79 Å². The quantitative estimate of drug-likeness (QED) is 0.671. The number of likely N-dealkylation sites (N-methyl/N-ethyl adjacent to an activating group) is 1. The van der Waals surface area contributed by atoms with Crippen molar-refractivity contribution in [1.82, 2.24) is 14.5 Å². The van der Waals surface area contributed by atoms with E-state index in [1.54, 1.807) is 11.1 Å². The summed E-state index contributed by atoms with van der Waals surface area (Å²) in [4.78, 5) is 20.9. The molecule has 0 saturated heterocycles. The van der Waals surface area contributed by atoms with Gasteiger partial charge < -0.3 is 14.4 Å². The van der Waals surface area contributed by atoms with Gasteiger partial charge in [0.2, 0.25) is 0 Å². The Morgan fingerprint density at radius 1 is 1.04 bits per heavy atom. The number of aromatic nitrogens is 2. The predicted molar refractivity (Wildman–Crippen MR) is 110 cm³/mol. The fourth-order valence-electron chi connectivity index (χ4n) is 3.02. The summed E-state index contributed by atoms with van der Waals surface area (Å²) >= 11 is 0. The highest BCUT2D eigenvalue weighted by atomic mass is 16.2. The zero-order valence-electron chi connectivity index (χ0n) is 16.4. The maximum Gasteiger partial charge on any atom is 0.253 e. The summed E-state index contributed by atoms with van der Waals surface area (Å²) in [6.07, 6.45) is 3.72. The van der Waals surface area contributed by atoms with Gasteiger partial charge in [-0.25, -0.2) is 4.98 Å². The molecule has 0 saturated carbocycles. The summed E-state index contributed by atoms with van der Waals surface area (Å²) in [5.41, 5.74) is 3.99. The lowest BCUT2D eigenvalue weighted by Crippen LogP contribution is -2.30. The number of amides is 1. The number of imidazole rings is 1. The number of hydrogen-bond donors (Lipinski definition) is 0. The second-order valence-corrected chi connectivity index (χ2v) is 6.92. The molecule has 5 heteroatoms. The number of anilines is 1. The smallest absolute Gasteiger partial charge is 0.253 e. The van der Waals surface area contributed by atoms with Crippen LogP contribution in [0, 0.1) is 6.92 Å². The van der Waals surface area contributed by atoms with Crippen molar-refractivity contribution in [1.29, 1.82) is 0 Å². The minimum absolute atomic E-state index is 0.0263. The molecule has 0 aliphatic heterocycles. The van der Waals surface area contributed by atoms with E-state index in [-0.39, 0.29) is 5.91 Å². The minimum Gasteiger partial charge on any atom is -0.378 e. The Hall–Kier alpha value is -3.08. The van der Waals surface area contributed by atoms with Crippen LogP contribution in [-0.4, -0.2) is 48.0 Å². The summed E-state index contributed by atoms with van der Waals surface area (Å²) in [6, 6.07) is 16.1. The van der Waals surface area contributed by atoms with E-state index in [2.05, 4.69) is 28.1 Å². The maximum absolute atomic E-state index is 12.8. The molecule has 1 aromatic heterocycles. The van der Waals surface area contributed by atoms with Gasteiger partial charge in [-0.05, 0) is 42.3 Å². The van der Waals surface area contributed by atoms with Crippen molar-refractivity contribution in [2.45, 2.75) is 13.5 Å². The van der Waals surface area contributed by atoms with Crippen LogP contribution in [0.1, 0.15) is 16.2 Å². The molecule has 0 atom stereocenters. The molecule has 3 aromatic rings. The van der Waals surface area contributed by atoms with Crippen molar-refractivity contribution in [3.05, 3.63) is 72.3 Å². The summed E-state index contributed by atoms with van der Waals surface area (Å²) in [5.74, 6) is 0.983. The van der Waals surface area contributed by atoms with E-state index in [1.165, 1.54) is 0 Å². The maximum atomic E-state index is 12.8. The van der Waals surface area contributed by atoms with E-state index in [1.807, 2.05) is 69.2 Å². The van der Waals surface area contributed by atoms with Crippen LogP contribution in [-0.2, 0) is 6.54 Å².